The van der Waals surface area contributed by atoms with Crippen molar-refractivity contribution in [2.24, 2.45) is 0 Å². The van der Waals surface area contributed by atoms with Gasteiger partial charge in [-0.2, -0.15) is 0 Å². The molecule has 0 saturated heterocycles. The van der Waals surface area contributed by atoms with Gasteiger partial charge in [0.25, 0.3) is 5.91 Å². The molecule has 2 amide bonds. The summed E-state index contributed by atoms with van der Waals surface area (Å²) in [7, 11) is 1.67. The molecule has 1 saturated carbocycles. The number of hydrogen-bond acceptors (Lipinski definition) is 6. The number of imidazole rings is 1. The molecule has 1 fully saturated rings. The number of ether oxygens (including phenoxy) is 3. The van der Waals surface area contributed by atoms with Gasteiger partial charge in [0.05, 0.1) is 43.3 Å². The van der Waals surface area contributed by atoms with Crippen LogP contribution in [-0.4, -0.2) is 64.6 Å². The average molecular weight is 512 g/mol. The van der Waals surface area contributed by atoms with Crippen LogP contribution in [0.15, 0.2) is 36.9 Å². The molecule has 10 heteroatoms. The molecule has 2 heterocycles. The maximum atomic E-state index is 13.5. The second-order valence-electron chi connectivity index (χ2n) is 10.4. The summed E-state index contributed by atoms with van der Waals surface area (Å²) in [6.45, 7) is 6.88. The Balaban J connectivity index is 1.49. The number of hydrogen-bond donors (Lipinski definition) is 3. The third kappa shape index (κ3) is 7.33. The van der Waals surface area contributed by atoms with E-state index < -0.39 is 11.7 Å². The normalized spacial score (nSPS) is 18.1. The van der Waals surface area contributed by atoms with Gasteiger partial charge in [-0.05, 0) is 64.7 Å². The lowest BCUT2D eigenvalue weighted by Gasteiger charge is -2.29. The standard InChI is InChI=1S/C27H37N5O5/c1-27(2,3)37-26(34)29-16-20-13-18-14-21(32-10-9-28-17-32)15-23(24(18)30-20)25(33)31-19-5-7-22(8-6-19)36-12-11-35-4/h9-10,13-15,17,19,22,30H,5-8,11-12,16H2,1-4H3,(H,29,34)(H,31,33). The third-order valence-electron chi connectivity index (χ3n) is 6.29. The van der Waals surface area contributed by atoms with Crippen LogP contribution in [0.4, 0.5) is 4.79 Å². The lowest BCUT2D eigenvalue weighted by atomic mass is 9.92. The van der Waals surface area contributed by atoms with Crippen LogP contribution in [0.2, 0.25) is 0 Å². The zero-order valence-electron chi connectivity index (χ0n) is 22.0. The van der Waals surface area contributed by atoms with Crippen LogP contribution in [0.1, 0.15) is 62.5 Å². The number of nitrogens with one attached hydrogen (secondary N) is 3. The first kappa shape index (κ1) is 26.7. The smallest absolute Gasteiger partial charge is 0.407 e. The van der Waals surface area contributed by atoms with Crippen LogP contribution in [-0.2, 0) is 20.8 Å². The fourth-order valence-corrected chi connectivity index (χ4v) is 4.54. The van der Waals surface area contributed by atoms with Gasteiger partial charge in [0.2, 0.25) is 0 Å². The Hall–Kier alpha value is -3.37. The van der Waals surface area contributed by atoms with Gasteiger partial charge in [0.1, 0.15) is 5.60 Å². The highest BCUT2D eigenvalue weighted by Crippen LogP contribution is 2.26. The maximum absolute atomic E-state index is 13.5. The molecule has 0 unspecified atom stereocenters. The maximum Gasteiger partial charge on any atom is 0.407 e. The molecule has 1 aromatic carbocycles. The van der Waals surface area contributed by atoms with Crippen LogP contribution in [0.3, 0.4) is 0 Å². The number of carbonyl (C=O) groups is 2. The van der Waals surface area contributed by atoms with Gasteiger partial charge in [-0.3, -0.25) is 4.79 Å². The van der Waals surface area contributed by atoms with Crippen molar-refractivity contribution >= 4 is 22.9 Å². The zero-order chi connectivity index (χ0) is 26.4. The van der Waals surface area contributed by atoms with Crippen molar-refractivity contribution in [1.82, 2.24) is 25.2 Å². The highest BCUT2D eigenvalue weighted by molar-refractivity contribution is 6.07. The lowest BCUT2D eigenvalue weighted by Crippen LogP contribution is -2.39. The van der Waals surface area contributed by atoms with Crippen LogP contribution >= 0.6 is 0 Å². The van der Waals surface area contributed by atoms with E-state index in [1.165, 1.54) is 0 Å². The molecule has 2 aromatic heterocycles. The second-order valence-corrected chi connectivity index (χ2v) is 10.4. The van der Waals surface area contributed by atoms with Gasteiger partial charge in [-0.1, -0.05) is 0 Å². The molecule has 1 aliphatic rings. The fourth-order valence-electron chi connectivity index (χ4n) is 4.54. The van der Waals surface area contributed by atoms with E-state index in [-0.39, 0.29) is 24.6 Å². The topological polar surface area (TPSA) is 120 Å². The molecule has 4 rings (SSSR count). The molecule has 1 aliphatic carbocycles. The Kier molecular flexibility index (Phi) is 8.50. The summed E-state index contributed by atoms with van der Waals surface area (Å²) in [5, 5.41) is 6.85. The number of aromatic nitrogens is 3. The van der Waals surface area contributed by atoms with Crippen molar-refractivity contribution in [3.63, 3.8) is 0 Å². The van der Waals surface area contributed by atoms with Gasteiger partial charge in [-0.25, -0.2) is 9.78 Å². The number of rotatable bonds is 9. The predicted octanol–water partition coefficient (Wildman–Crippen LogP) is 4.08. The Morgan fingerprint density at radius 3 is 2.59 bits per heavy atom. The highest BCUT2D eigenvalue weighted by Gasteiger charge is 2.25. The van der Waals surface area contributed by atoms with E-state index >= 15 is 0 Å². The van der Waals surface area contributed by atoms with Gasteiger partial charge in [0.15, 0.2) is 0 Å². The van der Waals surface area contributed by atoms with Crippen LogP contribution in [0.25, 0.3) is 16.6 Å². The summed E-state index contributed by atoms with van der Waals surface area (Å²) in [4.78, 5) is 33.1. The number of carbonyl (C=O) groups excluding carboxylic acids is 2. The first-order valence-corrected chi connectivity index (χ1v) is 12.7. The molecule has 10 nitrogen and oxygen atoms in total. The van der Waals surface area contributed by atoms with Crippen molar-refractivity contribution in [2.75, 3.05) is 20.3 Å². The summed E-state index contributed by atoms with van der Waals surface area (Å²) in [5.74, 6) is -0.135. The first-order valence-electron chi connectivity index (χ1n) is 12.7. The summed E-state index contributed by atoms with van der Waals surface area (Å²) >= 11 is 0. The number of fused-ring (bicyclic) bond motifs is 1. The van der Waals surface area contributed by atoms with Crippen molar-refractivity contribution < 1.29 is 23.8 Å². The second kappa shape index (κ2) is 11.8. The van der Waals surface area contributed by atoms with Gasteiger partial charge in [0, 0.05) is 42.3 Å². The van der Waals surface area contributed by atoms with Crippen molar-refractivity contribution in [1.29, 1.82) is 0 Å². The van der Waals surface area contributed by atoms with Crippen molar-refractivity contribution in [3.8, 4) is 5.69 Å². The minimum Gasteiger partial charge on any atom is -0.444 e. The summed E-state index contributed by atoms with van der Waals surface area (Å²) in [5.41, 5.74) is 2.29. The number of alkyl carbamates (subject to hydrolysis) is 1. The molecule has 0 spiro atoms. The van der Waals surface area contributed by atoms with E-state index in [9.17, 15) is 9.59 Å². The van der Waals surface area contributed by atoms with Crippen molar-refractivity contribution in [3.05, 3.63) is 48.2 Å². The molecule has 200 valence electrons. The molecule has 37 heavy (non-hydrogen) atoms. The van der Waals surface area contributed by atoms with E-state index in [0.717, 1.165) is 48.0 Å². The van der Waals surface area contributed by atoms with Crippen LogP contribution < -0.4 is 10.6 Å². The van der Waals surface area contributed by atoms with E-state index in [4.69, 9.17) is 14.2 Å². The number of benzene rings is 1. The van der Waals surface area contributed by atoms with E-state index in [2.05, 4.69) is 20.6 Å². The largest absolute Gasteiger partial charge is 0.444 e. The molecule has 0 bridgehead atoms. The van der Waals surface area contributed by atoms with E-state index in [1.54, 1.807) is 19.6 Å². The van der Waals surface area contributed by atoms with E-state index in [1.807, 2.05) is 49.7 Å². The first-order chi connectivity index (χ1) is 17.7. The zero-order valence-corrected chi connectivity index (χ0v) is 22.0. The lowest BCUT2D eigenvalue weighted by molar-refractivity contribution is -0.00408. The minimum atomic E-state index is -0.579. The molecular weight excluding hydrogens is 474 g/mol. The predicted molar refractivity (Wildman–Crippen MR) is 140 cm³/mol. The number of nitrogens with zero attached hydrogens (tertiary/aromatic N) is 2. The Labute approximate surface area is 217 Å². The summed E-state index contributed by atoms with van der Waals surface area (Å²) in [6.07, 6.45) is 8.49. The Morgan fingerprint density at radius 2 is 1.92 bits per heavy atom. The molecule has 3 N–H and O–H groups in total. The molecule has 0 atom stereocenters. The SMILES string of the molecule is COCCOC1CCC(NC(=O)c2cc(-n3ccnc3)cc3cc(CNC(=O)OC(C)(C)C)[nH]c23)CC1. The van der Waals surface area contributed by atoms with Crippen LogP contribution in [0, 0.1) is 0 Å². The molecular formula is C27H37N5O5. The van der Waals surface area contributed by atoms with Gasteiger partial charge < -0.3 is 34.4 Å². The third-order valence-corrected chi connectivity index (χ3v) is 6.29. The van der Waals surface area contributed by atoms with Crippen molar-refractivity contribution in [2.45, 2.75) is 70.7 Å². The van der Waals surface area contributed by atoms with Crippen LogP contribution in [0.5, 0.6) is 0 Å². The summed E-state index contributed by atoms with van der Waals surface area (Å²) in [6, 6.07) is 5.88. The molecule has 0 aliphatic heterocycles. The number of H-pyrrole nitrogens is 1. The number of methoxy groups -OCH3 is 1. The highest BCUT2D eigenvalue weighted by atomic mass is 16.6. The van der Waals surface area contributed by atoms with Gasteiger partial charge >= 0.3 is 6.09 Å². The van der Waals surface area contributed by atoms with E-state index in [0.29, 0.717) is 18.8 Å². The Bertz CT molecular complexity index is 1190. The fraction of sp³-hybridized carbons (Fsp3) is 0.519. The average Bonchev–Trinajstić information content (AvgIpc) is 3.52. The Morgan fingerprint density at radius 1 is 1.14 bits per heavy atom. The monoisotopic (exact) mass is 511 g/mol. The molecule has 3 aromatic rings. The molecule has 0 radical (unpaired) electrons. The summed E-state index contributed by atoms with van der Waals surface area (Å²) < 4.78 is 18.1. The quantitative estimate of drug-likeness (QED) is 0.373. The van der Waals surface area contributed by atoms with Gasteiger partial charge in [-0.15, -0.1) is 0 Å². The minimum absolute atomic E-state index is 0.0880. The number of aromatic amines is 1. The number of amides is 2.